The van der Waals surface area contributed by atoms with Crippen LogP contribution in [0.1, 0.15) is 11.1 Å². The second-order valence-electron chi connectivity index (χ2n) is 5.46. The number of benzene rings is 2. The van der Waals surface area contributed by atoms with E-state index in [2.05, 4.69) is 4.99 Å². The Balaban J connectivity index is 2.24. The van der Waals surface area contributed by atoms with Crippen LogP contribution in [0.15, 0.2) is 53.5 Å². The number of nitrogens with two attached hydrogens (primary N) is 1. The minimum absolute atomic E-state index is 0.0211. The summed E-state index contributed by atoms with van der Waals surface area (Å²) in [4.78, 5) is 17.2. The fourth-order valence-corrected chi connectivity index (χ4v) is 2.95. The number of aliphatic imine (C=N–C) groups is 1. The molecule has 1 aliphatic heterocycles. The molecule has 0 radical (unpaired) electrons. The zero-order valence-electron chi connectivity index (χ0n) is 12.8. The van der Waals surface area contributed by atoms with Crippen LogP contribution >= 0.6 is 11.6 Å². The van der Waals surface area contributed by atoms with E-state index in [9.17, 15) is 18.0 Å². The standard InChI is InChI=1S/C17H13ClF3N3O/c18-12-8-4-7-11-13(10-5-2-1-3-6-10)23-15(22)16(25)24(14(11)12)9-17(19,20)21/h1-8,15H,9,22H2. The fourth-order valence-electron chi connectivity index (χ4n) is 2.68. The van der Waals surface area contributed by atoms with Gasteiger partial charge in [0, 0.05) is 11.1 Å². The second kappa shape index (κ2) is 6.50. The number of rotatable bonds is 2. The van der Waals surface area contributed by atoms with Crippen molar-refractivity contribution < 1.29 is 18.0 Å². The first-order valence-electron chi connectivity index (χ1n) is 7.34. The van der Waals surface area contributed by atoms with Crippen LogP contribution in [0.5, 0.6) is 0 Å². The van der Waals surface area contributed by atoms with Crippen molar-refractivity contribution in [1.82, 2.24) is 0 Å². The molecule has 3 rings (SSSR count). The van der Waals surface area contributed by atoms with E-state index in [4.69, 9.17) is 17.3 Å². The lowest BCUT2D eigenvalue weighted by Crippen LogP contribution is -2.46. The number of fused-ring (bicyclic) bond motifs is 1. The number of carbonyl (C=O) groups excluding carboxylic acids is 1. The van der Waals surface area contributed by atoms with Crippen molar-refractivity contribution in [2.75, 3.05) is 11.4 Å². The van der Waals surface area contributed by atoms with Crippen LogP contribution in [0.25, 0.3) is 0 Å². The molecule has 2 N–H and O–H groups in total. The van der Waals surface area contributed by atoms with Gasteiger partial charge in [-0.25, -0.2) is 0 Å². The quantitative estimate of drug-likeness (QED) is 0.884. The molecule has 4 nitrogen and oxygen atoms in total. The van der Waals surface area contributed by atoms with Gasteiger partial charge < -0.3 is 5.73 Å². The van der Waals surface area contributed by atoms with Crippen LogP contribution in [0.4, 0.5) is 18.9 Å². The number of carbonyl (C=O) groups is 1. The lowest BCUT2D eigenvalue weighted by Gasteiger charge is -2.26. The van der Waals surface area contributed by atoms with Gasteiger partial charge in [0.05, 0.1) is 16.4 Å². The van der Waals surface area contributed by atoms with Crippen molar-refractivity contribution in [3.8, 4) is 0 Å². The van der Waals surface area contributed by atoms with Gasteiger partial charge >= 0.3 is 6.18 Å². The molecule has 25 heavy (non-hydrogen) atoms. The van der Waals surface area contributed by atoms with E-state index >= 15 is 0 Å². The highest BCUT2D eigenvalue weighted by Gasteiger charge is 2.39. The van der Waals surface area contributed by atoms with Gasteiger partial charge in [-0.1, -0.05) is 54.1 Å². The van der Waals surface area contributed by atoms with E-state index in [0.29, 0.717) is 21.7 Å². The number of hydrogen-bond acceptors (Lipinski definition) is 3. The molecule has 130 valence electrons. The van der Waals surface area contributed by atoms with Gasteiger partial charge in [0.25, 0.3) is 5.91 Å². The first-order chi connectivity index (χ1) is 11.8. The normalized spacial score (nSPS) is 17.8. The van der Waals surface area contributed by atoms with Crippen LogP contribution in [-0.2, 0) is 4.79 Å². The molecule has 0 bridgehead atoms. The molecule has 2 aromatic rings. The van der Waals surface area contributed by atoms with Gasteiger partial charge in [-0.05, 0) is 6.07 Å². The lowest BCUT2D eigenvalue weighted by molar-refractivity contribution is -0.133. The van der Waals surface area contributed by atoms with Gasteiger partial charge in [-0.2, -0.15) is 13.2 Å². The van der Waals surface area contributed by atoms with Crippen LogP contribution in [0, 0.1) is 0 Å². The molecule has 1 atom stereocenters. The SMILES string of the molecule is NC1N=C(c2ccccc2)c2cccc(Cl)c2N(CC(F)(F)F)C1=O. The van der Waals surface area contributed by atoms with E-state index < -0.39 is 24.8 Å². The van der Waals surface area contributed by atoms with Crippen LogP contribution in [-0.4, -0.2) is 30.5 Å². The van der Waals surface area contributed by atoms with Gasteiger partial charge in [0.15, 0.2) is 6.17 Å². The van der Waals surface area contributed by atoms with E-state index in [0.717, 1.165) is 0 Å². The van der Waals surface area contributed by atoms with E-state index in [-0.39, 0.29) is 10.7 Å². The van der Waals surface area contributed by atoms with Crippen molar-refractivity contribution in [2.24, 2.45) is 10.7 Å². The predicted octanol–water partition coefficient (Wildman–Crippen LogP) is 3.37. The summed E-state index contributed by atoms with van der Waals surface area (Å²) in [6.45, 7) is -1.49. The maximum Gasteiger partial charge on any atom is 0.406 e. The maximum atomic E-state index is 13.0. The zero-order valence-corrected chi connectivity index (χ0v) is 13.6. The second-order valence-corrected chi connectivity index (χ2v) is 5.87. The first-order valence-corrected chi connectivity index (χ1v) is 7.71. The Morgan fingerprint density at radius 2 is 1.80 bits per heavy atom. The maximum absolute atomic E-state index is 13.0. The van der Waals surface area contributed by atoms with Crippen molar-refractivity contribution in [1.29, 1.82) is 0 Å². The summed E-state index contributed by atoms with van der Waals surface area (Å²) in [5, 5.41) is 0.0211. The highest BCUT2D eigenvalue weighted by Crippen LogP contribution is 2.36. The third-order valence-electron chi connectivity index (χ3n) is 3.68. The summed E-state index contributed by atoms with van der Waals surface area (Å²) < 4.78 is 39.0. The molecule has 0 aromatic heterocycles. The summed E-state index contributed by atoms with van der Waals surface area (Å²) in [6, 6.07) is 13.4. The summed E-state index contributed by atoms with van der Waals surface area (Å²) in [5.41, 5.74) is 6.99. The number of para-hydroxylation sites is 1. The number of anilines is 1. The Morgan fingerprint density at radius 1 is 1.12 bits per heavy atom. The van der Waals surface area contributed by atoms with Crippen LogP contribution in [0.3, 0.4) is 0 Å². The molecule has 8 heteroatoms. The smallest absolute Gasteiger partial charge is 0.302 e. The fraction of sp³-hybridized carbons (Fsp3) is 0.176. The zero-order chi connectivity index (χ0) is 18.2. The number of benzodiazepines with no additional fused rings is 1. The Morgan fingerprint density at radius 3 is 2.44 bits per heavy atom. The van der Waals surface area contributed by atoms with Crippen LogP contribution < -0.4 is 10.6 Å². The lowest BCUT2D eigenvalue weighted by atomic mass is 10.00. The minimum Gasteiger partial charge on any atom is -0.302 e. The highest BCUT2D eigenvalue weighted by atomic mass is 35.5. The minimum atomic E-state index is -4.61. The Bertz CT molecular complexity index is 837. The molecular formula is C17H13ClF3N3O. The Labute approximate surface area is 146 Å². The van der Waals surface area contributed by atoms with E-state index in [1.807, 2.05) is 0 Å². The Kier molecular flexibility index (Phi) is 4.53. The number of nitrogens with zero attached hydrogens (tertiary/aromatic N) is 2. The van der Waals surface area contributed by atoms with Crippen molar-refractivity contribution in [3.63, 3.8) is 0 Å². The van der Waals surface area contributed by atoms with Crippen LogP contribution in [0.2, 0.25) is 5.02 Å². The van der Waals surface area contributed by atoms with E-state index in [1.54, 1.807) is 42.5 Å². The average Bonchev–Trinajstić information content (AvgIpc) is 2.66. The monoisotopic (exact) mass is 367 g/mol. The van der Waals surface area contributed by atoms with Gasteiger partial charge in [0.1, 0.15) is 6.54 Å². The molecular weight excluding hydrogens is 355 g/mol. The number of alkyl halides is 3. The molecule has 0 saturated heterocycles. The first kappa shape index (κ1) is 17.4. The molecule has 1 amide bonds. The molecule has 0 fully saturated rings. The highest BCUT2D eigenvalue weighted by molar-refractivity contribution is 6.36. The number of halogens is 4. The van der Waals surface area contributed by atoms with Gasteiger partial charge in [-0.15, -0.1) is 0 Å². The van der Waals surface area contributed by atoms with E-state index in [1.165, 1.54) is 6.07 Å². The van der Waals surface area contributed by atoms with Crippen molar-refractivity contribution >= 4 is 28.9 Å². The molecule has 1 heterocycles. The Hall–Kier alpha value is -2.38. The molecule has 1 unspecified atom stereocenters. The topological polar surface area (TPSA) is 58.7 Å². The summed E-state index contributed by atoms with van der Waals surface area (Å²) in [5.74, 6) is -0.961. The number of hydrogen-bond donors (Lipinski definition) is 1. The number of amides is 1. The molecule has 2 aromatic carbocycles. The third-order valence-corrected chi connectivity index (χ3v) is 3.99. The largest absolute Gasteiger partial charge is 0.406 e. The van der Waals surface area contributed by atoms with Gasteiger partial charge in [-0.3, -0.25) is 14.7 Å². The average molecular weight is 368 g/mol. The predicted molar refractivity (Wildman–Crippen MR) is 89.9 cm³/mol. The van der Waals surface area contributed by atoms with Gasteiger partial charge in [0.2, 0.25) is 0 Å². The summed E-state index contributed by atoms with van der Waals surface area (Å²) >= 11 is 6.15. The molecule has 0 aliphatic carbocycles. The molecule has 0 saturated carbocycles. The van der Waals surface area contributed by atoms with Crippen molar-refractivity contribution in [2.45, 2.75) is 12.3 Å². The molecule has 0 spiro atoms. The van der Waals surface area contributed by atoms with Crippen molar-refractivity contribution in [3.05, 3.63) is 64.7 Å². The summed E-state index contributed by atoms with van der Waals surface area (Å²) in [6.07, 6.45) is -6.07. The third kappa shape index (κ3) is 3.52. The molecule has 1 aliphatic rings. The summed E-state index contributed by atoms with van der Waals surface area (Å²) in [7, 11) is 0.